The Bertz CT molecular complexity index is 662. The van der Waals surface area contributed by atoms with Crippen LogP contribution >= 0.6 is 24.0 Å². The second kappa shape index (κ2) is 10.2. The average molecular weight is 489 g/mol. The molecule has 0 amide bonds. The number of esters is 1. The van der Waals surface area contributed by atoms with Crippen LogP contribution in [0, 0.1) is 11.7 Å². The molecule has 0 radical (unpaired) electrons. The van der Waals surface area contributed by atoms with Crippen molar-refractivity contribution in [2.75, 3.05) is 26.2 Å². The number of hydrogen-bond donors (Lipinski definition) is 1. The van der Waals surface area contributed by atoms with Crippen molar-refractivity contribution in [3.8, 4) is 0 Å². The van der Waals surface area contributed by atoms with Crippen molar-refractivity contribution in [2.45, 2.75) is 45.1 Å². The molecule has 1 aromatic carbocycles. The third kappa shape index (κ3) is 5.56. The number of carbonyl (C=O) groups is 1. The molecule has 1 aliphatic carbocycles. The summed E-state index contributed by atoms with van der Waals surface area (Å²) < 4.78 is 19.1. The summed E-state index contributed by atoms with van der Waals surface area (Å²) in [6.45, 7) is 6.54. The molecular formula is C20H29FIN3O2. The predicted molar refractivity (Wildman–Crippen MR) is 115 cm³/mol. The van der Waals surface area contributed by atoms with Gasteiger partial charge < -0.3 is 15.0 Å². The van der Waals surface area contributed by atoms with E-state index in [-0.39, 0.29) is 53.6 Å². The molecule has 5 nitrogen and oxygen atoms in total. The smallest absolute Gasteiger partial charge is 0.309 e. The van der Waals surface area contributed by atoms with Gasteiger partial charge >= 0.3 is 5.97 Å². The summed E-state index contributed by atoms with van der Waals surface area (Å²) in [5, 5.41) is 3.50. The first-order valence-corrected chi connectivity index (χ1v) is 9.61. The van der Waals surface area contributed by atoms with Gasteiger partial charge in [-0.1, -0.05) is 18.2 Å². The number of benzene rings is 1. The second-order valence-electron chi connectivity index (χ2n) is 6.93. The van der Waals surface area contributed by atoms with E-state index in [1.54, 1.807) is 6.07 Å². The van der Waals surface area contributed by atoms with Crippen molar-refractivity contribution in [3.05, 3.63) is 35.6 Å². The number of hydrogen-bond acceptors (Lipinski definition) is 3. The quantitative estimate of drug-likeness (QED) is 0.298. The van der Waals surface area contributed by atoms with Crippen LogP contribution in [0.2, 0.25) is 0 Å². The number of piperidine rings is 1. The van der Waals surface area contributed by atoms with Gasteiger partial charge in [-0.2, -0.15) is 0 Å². The monoisotopic (exact) mass is 489 g/mol. The summed E-state index contributed by atoms with van der Waals surface area (Å²) in [5.74, 6) is 0.845. The fraction of sp³-hybridized carbons (Fsp3) is 0.600. The lowest BCUT2D eigenvalue weighted by Crippen LogP contribution is -2.47. The van der Waals surface area contributed by atoms with Crippen LogP contribution in [-0.4, -0.2) is 49.1 Å². The van der Waals surface area contributed by atoms with E-state index in [0.717, 1.165) is 43.9 Å². The zero-order valence-electron chi connectivity index (χ0n) is 16.0. The molecule has 27 heavy (non-hydrogen) atoms. The summed E-state index contributed by atoms with van der Waals surface area (Å²) in [5.41, 5.74) is 0.780. The van der Waals surface area contributed by atoms with Gasteiger partial charge in [-0.05, 0) is 44.7 Å². The highest BCUT2D eigenvalue weighted by Gasteiger charge is 2.41. The van der Waals surface area contributed by atoms with Gasteiger partial charge in [0.15, 0.2) is 5.96 Å². The molecule has 1 saturated carbocycles. The second-order valence-corrected chi connectivity index (χ2v) is 6.93. The molecule has 1 saturated heterocycles. The topological polar surface area (TPSA) is 53.9 Å². The molecule has 2 unspecified atom stereocenters. The van der Waals surface area contributed by atoms with Crippen molar-refractivity contribution >= 4 is 35.9 Å². The minimum absolute atomic E-state index is 0. The molecule has 1 aliphatic heterocycles. The molecule has 2 aliphatic rings. The molecule has 0 bridgehead atoms. The number of halogens is 2. The number of ether oxygens (including phenoxy) is 1. The first kappa shape index (κ1) is 21.9. The normalized spacial score (nSPS) is 22.8. The van der Waals surface area contributed by atoms with Crippen LogP contribution in [0.3, 0.4) is 0 Å². The molecule has 1 heterocycles. The Kier molecular flexibility index (Phi) is 8.31. The van der Waals surface area contributed by atoms with Crippen molar-refractivity contribution in [3.63, 3.8) is 0 Å². The maximum absolute atomic E-state index is 14.0. The van der Waals surface area contributed by atoms with Crippen LogP contribution < -0.4 is 5.32 Å². The molecule has 2 atom stereocenters. The average Bonchev–Trinajstić information content (AvgIpc) is 3.41. The lowest BCUT2D eigenvalue weighted by Gasteiger charge is -2.33. The number of carbonyl (C=O) groups excluding carboxylic acids is 1. The highest BCUT2D eigenvalue weighted by Crippen LogP contribution is 2.42. The van der Waals surface area contributed by atoms with E-state index < -0.39 is 0 Å². The van der Waals surface area contributed by atoms with E-state index in [1.165, 1.54) is 6.07 Å². The first-order valence-electron chi connectivity index (χ1n) is 9.61. The molecule has 0 aromatic heterocycles. The summed E-state index contributed by atoms with van der Waals surface area (Å²) in [4.78, 5) is 18.7. The Labute approximate surface area is 177 Å². The Morgan fingerprint density at radius 1 is 1.30 bits per heavy atom. The molecule has 3 rings (SSSR count). The van der Waals surface area contributed by atoms with E-state index in [2.05, 4.69) is 15.2 Å². The zero-order valence-corrected chi connectivity index (χ0v) is 18.3. The number of aliphatic imine (C=N–C) groups is 1. The van der Waals surface area contributed by atoms with E-state index in [1.807, 2.05) is 26.0 Å². The summed E-state index contributed by atoms with van der Waals surface area (Å²) in [6, 6.07) is 7.21. The van der Waals surface area contributed by atoms with Gasteiger partial charge in [-0.25, -0.2) is 4.39 Å². The molecule has 2 fully saturated rings. The summed E-state index contributed by atoms with van der Waals surface area (Å²) in [6.07, 6.45) is 2.48. The summed E-state index contributed by atoms with van der Waals surface area (Å²) >= 11 is 0. The van der Waals surface area contributed by atoms with Crippen molar-refractivity contribution in [1.82, 2.24) is 10.2 Å². The minimum Gasteiger partial charge on any atom is -0.466 e. The van der Waals surface area contributed by atoms with E-state index in [9.17, 15) is 9.18 Å². The van der Waals surface area contributed by atoms with Crippen LogP contribution in [0.4, 0.5) is 4.39 Å². The fourth-order valence-electron chi connectivity index (χ4n) is 3.61. The molecular weight excluding hydrogens is 460 g/mol. The third-order valence-corrected chi connectivity index (χ3v) is 5.13. The van der Waals surface area contributed by atoms with E-state index in [4.69, 9.17) is 4.74 Å². The summed E-state index contributed by atoms with van der Waals surface area (Å²) in [7, 11) is 0. The minimum atomic E-state index is -0.133. The molecule has 150 valence electrons. The largest absolute Gasteiger partial charge is 0.466 e. The van der Waals surface area contributed by atoms with Gasteiger partial charge in [0.2, 0.25) is 0 Å². The van der Waals surface area contributed by atoms with Gasteiger partial charge in [0.05, 0.1) is 12.5 Å². The maximum atomic E-state index is 14.0. The number of guanidine groups is 1. The van der Waals surface area contributed by atoms with Crippen molar-refractivity contribution in [2.24, 2.45) is 10.9 Å². The standard InChI is InChI=1S/C20H28FN3O2.HI/c1-3-22-20(24-11-9-14(10-12-24)19(25)26-4-2)23-18-13-16(18)15-7-5-6-8-17(15)21;/h5-8,14,16,18H,3-4,9-13H2,1-2H3,(H,22,23);1H. The number of likely N-dealkylation sites (tertiary alicyclic amines) is 1. The van der Waals surface area contributed by atoms with Crippen LogP contribution in [0.1, 0.15) is 44.6 Å². The lowest BCUT2D eigenvalue weighted by atomic mass is 9.97. The lowest BCUT2D eigenvalue weighted by molar-refractivity contribution is -0.149. The highest BCUT2D eigenvalue weighted by atomic mass is 127. The zero-order chi connectivity index (χ0) is 18.5. The maximum Gasteiger partial charge on any atom is 0.309 e. The Morgan fingerprint density at radius 3 is 2.63 bits per heavy atom. The Morgan fingerprint density at radius 2 is 2.00 bits per heavy atom. The van der Waals surface area contributed by atoms with Crippen LogP contribution in [-0.2, 0) is 9.53 Å². The van der Waals surface area contributed by atoms with Gasteiger partial charge in [0, 0.05) is 31.6 Å². The molecule has 1 N–H and O–H groups in total. The van der Waals surface area contributed by atoms with Crippen LogP contribution in [0.5, 0.6) is 0 Å². The predicted octanol–water partition coefficient (Wildman–Crippen LogP) is 3.54. The Hall–Kier alpha value is -1.38. The van der Waals surface area contributed by atoms with Gasteiger partial charge in [-0.15, -0.1) is 24.0 Å². The molecule has 1 aromatic rings. The van der Waals surface area contributed by atoms with E-state index in [0.29, 0.717) is 13.2 Å². The first-order chi connectivity index (χ1) is 12.6. The number of nitrogens with zero attached hydrogens (tertiary/aromatic N) is 2. The SMILES string of the molecule is CCN=C(NC1CC1c1ccccc1F)N1CCC(C(=O)OCC)CC1.I. The van der Waals surface area contributed by atoms with Gasteiger partial charge in [-0.3, -0.25) is 9.79 Å². The van der Waals surface area contributed by atoms with E-state index >= 15 is 0 Å². The van der Waals surface area contributed by atoms with Crippen molar-refractivity contribution in [1.29, 1.82) is 0 Å². The molecule has 7 heteroatoms. The number of rotatable bonds is 5. The highest BCUT2D eigenvalue weighted by molar-refractivity contribution is 14.0. The van der Waals surface area contributed by atoms with Crippen molar-refractivity contribution < 1.29 is 13.9 Å². The fourth-order valence-corrected chi connectivity index (χ4v) is 3.61. The third-order valence-electron chi connectivity index (χ3n) is 5.13. The van der Waals surface area contributed by atoms with Gasteiger partial charge in [0.1, 0.15) is 5.82 Å². The van der Waals surface area contributed by atoms with Crippen LogP contribution in [0.15, 0.2) is 29.3 Å². The molecule has 0 spiro atoms. The van der Waals surface area contributed by atoms with Crippen LogP contribution in [0.25, 0.3) is 0 Å². The number of nitrogens with one attached hydrogen (secondary N) is 1. The Balaban J connectivity index is 0.00000261. The van der Waals surface area contributed by atoms with Gasteiger partial charge in [0.25, 0.3) is 0 Å².